The number of thiol groups is 2. The van der Waals surface area contributed by atoms with Gasteiger partial charge in [0, 0.05) is 15.7 Å². The van der Waals surface area contributed by atoms with Gasteiger partial charge in [-0.3, -0.25) is 0 Å². The van der Waals surface area contributed by atoms with Crippen molar-refractivity contribution in [3.05, 3.63) is 0 Å². The SMILES string of the molecule is CC1(S)CCCCCCCCCCCCCCCCCCCCC2(N)C1(S)C1(C)CCCCCCCCCCCCCCCC12C1(C)CCCCCCCCCCC1. The van der Waals surface area contributed by atoms with Crippen molar-refractivity contribution < 1.29 is 0 Å². The summed E-state index contributed by atoms with van der Waals surface area (Å²) in [5.74, 6) is 0. The normalized spacial score (nSPS) is 37.6. The van der Waals surface area contributed by atoms with Gasteiger partial charge in [0.15, 0.2) is 0 Å². The minimum absolute atomic E-state index is 0.0560. The van der Waals surface area contributed by atoms with Gasteiger partial charge >= 0.3 is 0 Å². The van der Waals surface area contributed by atoms with Gasteiger partial charge in [-0.1, -0.05) is 271 Å². The van der Waals surface area contributed by atoms with Crippen LogP contribution in [0.1, 0.15) is 316 Å². The second-order valence-electron chi connectivity index (χ2n) is 22.4. The molecule has 0 heterocycles. The summed E-state index contributed by atoms with van der Waals surface area (Å²) < 4.78 is -0.514. The van der Waals surface area contributed by atoms with Gasteiger partial charge in [-0.05, 0) is 56.3 Å². The molecule has 342 valence electrons. The molecule has 5 unspecified atom stereocenters. The lowest BCUT2D eigenvalue weighted by atomic mass is 9.23. The molecule has 0 bridgehead atoms. The highest BCUT2D eigenvalue weighted by molar-refractivity contribution is 7.86. The van der Waals surface area contributed by atoms with Crippen molar-refractivity contribution in [3.8, 4) is 0 Å². The van der Waals surface area contributed by atoms with Crippen LogP contribution in [0.3, 0.4) is 0 Å². The molecule has 58 heavy (non-hydrogen) atoms. The van der Waals surface area contributed by atoms with Gasteiger partial charge in [-0.15, -0.1) is 0 Å². The fourth-order valence-electron chi connectivity index (χ4n) is 14.9. The second-order valence-corrected chi connectivity index (χ2v) is 24.1. The third-order valence-electron chi connectivity index (χ3n) is 18.1. The fourth-order valence-corrected chi connectivity index (χ4v) is 16.2. The van der Waals surface area contributed by atoms with Crippen LogP contribution in [0.5, 0.6) is 0 Å². The molecule has 4 saturated carbocycles. The van der Waals surface area contributed by atoms with Crippen molar-refractivity contribution in [1.82, 2.24) is 0 Å². The molecule has 0 radical (unpaired) electrons. The summed E-state index contributed by atoms with van der Waals surface area (Å²) in [7, 11) is 0. The second kappa shape index (κ2) is 27.1. The first kappa shape index (κ1) is 51.3. The number of fused-ring (bicyclic) bond motifs is 4. The van der Waals surface area contributed by atoms with Crippen LogP contribution < -0.4 is 5.73 Å². The molecular formula is C55H105NS2. The largest absolute Gasteiger partial charge is 0.323 e. The Labute approximate surface area is 376 Å². The van der Waals surface area contributed by atoms with Gasteiger partial charge in [0.05, 0.1) is 4.75 Å². The molecule has 0 aromatic carbocycles. The maximum absolute atomic E-state index is 8.74. The van der Waals surface area contributed by atoms with Crippen LogP contribution >= 0.6 is 25.3 Å². The van der Waals surface area contributed by atoms with Crippen LogP contribution in [0.15, 0.2) is 0 Å². The molecule has 3 heteroatoms. The Bertz CT molecular complexity index is 1040. The van der Waals surface area contributed by atoms with E-state index in [2.05, 4.69) is 20.8 Å². The van der Waals surface area contributed by atoms with E-state index >= 15 is 0 Å². The van der Waals surface area contributed by atoms with Gasteiger partial charge < -0.3 is 5.73 Å². The Hall–Kier alpha value is 0.660. The molecule has 0 amide bonds. The van der Waals surface area contributed by atoms with Crippen molar-refractivity contribution in [1.29, 1.82) is 0 Å². The Balaban J connectivity index is 1.76. The van der Waals surface area contributed by atoms with Crippen LogP contribution in [0, 0.1) is 16.2 Å². The minimum Gasteiger partial charge on any atom is -0.323 e. The quantitative estimate of drug-likeness (QED) is 0.225. The van der Waals surface area contributed by atoms with Crippen molar-refractivity contribution in [2.75, 3.05) is 0 Å². The number of hydrogen-bond donors (Lipinski definition) is 3. The minimum atomic E-state index is -0.321. The zero-order chi connectivity index (χ0) is 41.5. The van der Waals surface area contributed by atoms with Crippen molar-refractivity contribution >= 4 is 25.3 Å². The maximum Gasteiger partial charge on any atom is 0.0515 e. The van der Waals surface area contributed by atoms with Crippen molar-refractivity contribution in [3.63, 3.8) is 0 Å². The van der Waals surface area contributed by atoms with E-state index in [0.29, 0.717) is 0 Å². The Morgan fingerprint density at radius 2 is 0.500 bits per heavy atom. The standard InChI is InChI=1S/C55H105NS2/c1-50(44-38-32-26-20-19-21-27-33-39-45-50)53-48-42-36-30-24-17-13-10-11-15-22-28-34-40-46-51(53,2)55(58)52(3,57)47-41-35-29-23-16-12-8-6-4-5-7-9-14-18-25-31-37-43-49-54(53,55)56/h57-58H,4-49,56H2,1-3H3. The molecule has 0 spiro atoms. The summed E-state index contributed by atoms with van der Waals surface area (Å²) in [4.78, 5) is 0. The maximum atomic E-state index is 8.74. The van der Waals surface area contributed by atoms with Crippen LogP contribution in [-0.4, -0.2) is 15.0 Å². The van der Waals surface area contributed by atoms with Crippen LogP contribution in [0.4, 0.5) is 0 Å². The highest BCUT2D eigenvalue weighted by Gasteiger charge is 2.87. The summed E-state index contributed by atoms with van der Waals surface area (Å²) in [6, 6.07) is 0. The molecule has 4 rings (SSSR count). The lowest BCUT2D eigenvalue weighted by Crippen LogP contribution is -2.94. The molecule has 0 aromatic heterocycles. The lowest BCUT2D eigenvalue weighted by molar-refractivity contribution is -0.281. The molecule has 0 aromatic rings. The van der Waals surface area contributed by atoms with Gasteiger partial charge in [0.1, 0.15) is 0 Å². The van der Waals surface area contributed by atoms with E-state index in [1.807, 2.05) is 0 Å². The van der Waals surface area contributed by atoms with Gasteiger partial charge in [0.2, 0.25) is 0 Å². The molecule has 1 nitrogen and oxygen atoms in total. The lowest BCUT2D eigenvalue weighted by Gasteiger charge is -2.87. The predicted molar refractivity (Wildman–Crippen MR) is 267 cm³/mol. The number of nitrogens with two attached hydrogens (primary N) is 1. The summed E-state index contributed by atoms with van der Waals surface area (Å²) in [5.41, 5.74) is 8.79. The van der Waals surface area contributed by atoms with Crippen LogP contribution in [-0.2, 0) is 0 Å². The summed E-state index contributed by atoms with van der Waals surface area (Å²) in [5, 5.41) is 0. The van der Waals surface area contributed by atoms with E-state index in [9.17, 15) is 0 Å². The van der Waals surface area contributed by atoms with E-state index < -0.39 is 0 Å². The van der Waals surface area contributed by atoms with Crippen LogP contribution in [0.25, 0.3) is 0 Å². The first-order valence-corrected chi connectivity index (χ1v) is 28.3. The third kappa shape index (κ3) is 13.1. The topological polar surface area (TPSA) is 26.0 Å². The highest BCUT2D eigenvalue weighted by Crippen LogP contribution is 2.84. The highest BCUT2D eigenvalue weighted by atomic mass is 32.1. The van der Waals surface area contributed by atoms with Crippen molar-refractivity contribution in [2.45, 2.75) is 331 Å². The van der Waals surface area contributed by atoms with E-state index in [4.69, 9.17) is 31.0 Å². The van der Waals surface area contributed by atoms with Crippen molar-refractivity contribution in [2.24, 2.45) is 22.0 Å². The van der Waals surface area contributed by atoms with Gasteiger partial charge in [-0.2, -0.15) is 25.3 Å². The molecule has 4 aliphatic rings. The Morgan fingerprint density at radius 1 is 0.276 bits per heavy atom. The number of rotatable bonds is 1. The average Bonchev–Trinajstić information content (AvgIpc) is 3.20. The van der Waals surface area contributed by atoms with Gasteiger partial charge in [-0.25, -0.2) is 0 Å². The smallest absolute Gasteiger partial charge is 0.0515 e. The summed E-state index contributed by atoms with van der Waals surface area (Å²) in [6.45, 7) is 8.19. The first-order chi connectivity index (χ1) is 28.1. The molecule has 0 saturated heterocycles. The van der Waals surface area contributed by atoms with Crippen LogP contribution in [0.2, 0.25) is 0 Å². The number of hydrogen-bond acceptors (Lipinski definition) is 3. The Morgan fingerprint density at radius 3 is 0.810 bits per heavy atom. The first-order valence-electron chi connectivity index (χ1n) is 27.4. The molecule has 4 fully saturated rings. The molecule has 2 N–H and O–H groups in total. The summed E-state index contributed by atoms with van der Waals surface area (Å²) in [6.07, 6.45) is 64.2. The summed E-state index contributed by atoms with van der Waals surface area (Å²) >= 11 is 12.3. The molecule has 0 aliphatic heterocycles. The zero-order valence-electron chi connectivity index (χ0n) is 40.0. The zero-order valence-corrected chi connectivity index (χ0v) is 41.8. The van der Waals surface area contributed by atoms with Gasteiger partial charge in [0.25, 0.3) is 0 Å². The van der Waals surface area contributed by atoms with E-state index in [0.717, 1.165) is 12.8 Å². The van der Waals surface area contributed by atoms with E-state index in [-0.39, 0.29) is 31.3 Å². The predicted octanol–water partition coefficient (Wildman–Crippen LogP) is 19.0. The van der Waals surface area contributed by atoms with E-state index in [1.54, 1.807) is 0 Å². The third-order valence-corrected chi connectivity index (χ3v) is 20.2. The average molecular weight is 845 g/mol. The van der Waals surface area contributed by atoms with E-state index in [1.165, 1.54) is 283 Å². The molecule has 5 atom stereocenters. The fraction of sp³-hybridized carbons (Fsp3) is 1.00. The molecular weight excluding hydrogens is 739 g/mol. The molecule has 4 aliphatic carbocycles. The monoisotopic (exact) mass is 844 g/mol. The Kier molecular flexibility index (Phi) is 24.0.